The highest BCUT2D eigenvalue weighted by molar-refractivity contribution is 7.16. The second-order valence-electron chi connectivity index (χ2n) is 7.38. The Morgan fingerprint density at radius 3 is 2.93 bits per heavy atom. The van der Waals surface area contributed by atoms with Crippen LogP contribution in [-0.4, -0.2) is 41.3 Å². The van der Waals surface area contributed by atoms with Crippen molar-refractivity contribution in [2.24, 2.45) is 5.92 Å². The third-order valence-corrected chi connectivity index (χ3v) is 7.47. The van der Waals surface area contributed by atoms with Crippen LogP contribution in [0.4, 0.5) is 5.13 Å². The van der Waals surface area contributed by atoms with E-state index >= 15 is 0 Å². The molecule has 0 spiro atoms. The highest BCUT2D eigenvalue weighted by Crippen LogP contribution is 2.33. The van der Waals surface area contributed by atoms with E-state index in [0.717, 1.165) is 41.4 Å². The van der Waals surface area contributed by atoms with Crippen molar-refractivity contribution < 1.29 is 9.59 Å². The maximum atomic E-state index is 13.4. The molecular weight excluding hydrogens is 390 g/mol. The van der Waals surface area contributed by atoms with Crippen LogP contribution in [0.15, 0.2) is 30.2 Å². The molecule has 2 aromatic heterocycles. The van der Waals surface area contributed by atoms with Crippen LogP contribution in [0.25, 0.3) is 0 Å². The first-order valence-electron chi connectivity index (χ1n) is 9.91. The minimum absolute atomic E-state index is 0.0347. The van der Waals surface area contributed by atoms with Gasteiger partial charge < -0.3 is 4.90 Å². The number of piperidine rings is 1. The molecule has 0 bridgehead atoms. The lowest BCUT2D eigenvalue weighted by Gasteiger charge is -2.34. The van der Waals surface area contributed by atoms with Crippen molar-refractivity contribution in [1.29, 1.82) is 0 Å². The zero-order valence-corrected chi connectivity index (χ0v) is 17.6. The van der Waals surface area contributed by atoms with Gasteiger partial charge in [0.2, 0.25) is 5.91 Å². The van der Waals surface area contributed by atoms with Gasteiger partial charge in [-0.25, -0.2) is 4.98 Å². The van der Waals surface area contributed by atoms with E-state index in [1.807, 2.05) is 22.4 Å². The van der Waals surface area contributed by atoms with E-state index in [1.54, 1.807) is 22.3 Å². The number of fused-ring (bicyclic) bond motifs is 1. The fourth-order valence-electron chi connectivity index (χ4n) is 3.98. The number of thiazole rings is 1. The lowest BCUT2D eigenvalue weighted by molar-refractivity contribution is -0.123. The predicted octanol–water partition coefficient (Wildman–Crippen LogP) is 4.15. The molecule has 2 aliphatic rings. The molecule has 28 heavy (non-hydrogen) atoms. The number of carbonyl (C=O) groups excluding carboxylic acids is 2. The minimum atomic E-state index is -0.182. The second kappa shape index (κ2) is 8.57. The molecule has 5 nitrogen and oxygen atoms in total. The molecule has 4 rings (SSSR count). The van der Waals surface area contributed by atoms with Gasteiger partial charge in [0.05, 0.1) is 16.5 Å². The molecule has 1 aliphatic heterocycles. The smallest absolute Gasteiger partial charge is 0.263 e. The number of anilines is 1. The molecule has 7 heteroatoms. The fraction of sp³-hybridized carbons (Fsp3) is 0.476. The molecule has 1 aliphatic carbocycles. The van der Waals surface area contributed by atoms with Crippen molar-refractivity contribution in [3.05, 3.63) is 45.6 Å². The highest BCUT2D eigenvalue weighted by atomic mass is 32.1. The Bertz CT molecular complexity index is 836. The van der Waals surface area contributed by atoms with Gasteiger partial charge in [0.25, 0.3) is 5.91 Å². The first-order chi connectivity index (χ1) is 13.7. The number of thiophene rings is 1. The van der Waals surface area contributed by atoms with Crippen molar-refractivity contribution >= 4 is 39.6 Å². The molecule has 1 unspecified atom stereocenters. The highest BCUT2D eigenvalue weighted by Gasteiger charge is 2.33. The average Bonchev–Trinajstić information content (AvgIpc) is 3.40. The maximum Gasteiger partial charge on any atom is 0.263 e. The first kappa shape index (κ1) is 19.3. The normalized spacial score (nSPS) is 19.1. The minimum Gasteiger partial charge on any atom is -0.337 e. The molecule has 148 valence electrons. The van der Waals surface area contributed by atoms with Gasteiger partial charge in [-0.1, -0.05) is 12.1 Å². The largest absolute Gasteiger partial charge is 0.337 e. The van der Waals surface area contributed by atoms with E-state index in [-0.39, 0.29) is 17.7 Å². The van der Waals surface area contributed by atoms with Crippen LogP contribution < -0.4 is 4.90 Å². The van der Waals surface area contributed by atoms with Gasteiger partial charge in [-0.3, -0.25) is 14.5 Å². The lowest BCUT2D eigenvalue weighted by Crippen LogP contribution is -2.46. The summed E-state index contributed by atoms with van der Waals surface area (Å²) in [5.41, 5.74) is 1.16. The van der Waals surface area contributed by atoms with Crippen molar-refractivity contribution in [1.82, 2.24) is 9.88 Å². The van der Waals surface area contributed by atoms with Gasteiger partial charge in [-0.05, 0) is 50.0 Å². The first-order valence-corrected chi connectivity index (χ1v) is 11.6. The van der Waals surface area contributed by atoms with E-state index in [9.17, 15) is 9.59 Å². The topological polar surface area (TPSA) is 53.5 Å². The molecule has 2 aromatic rings. The van der Waals surface area contributed by atoms with Crippen LogP contribution in [0, 0.1) is 5.92 Å². The summed E-state index contributed by atoms with van der Waals surface area (Å²) >= 11 is 3.10. The van der Waals surface area contributed by atoms with Gasteiger partial charge >= 0.3 is 0 Å². The summed E-state index contributed by atoms with van der Waals surface area (Å²) in [4.78, 5) is 36.5. The number of carbonyl (C=O) groups is 2. The summed E-state index contributed by atoms with van der Waals surface area (Å²) in [5, 5.41) is 2.70. The molecule has 0 radical (unpaired) electrons. The number of nitrogens with zero attached hydrogens (tertiary/aromatic N) is 3. The van der Waals surface area contributed by atoms with E-state index in [1.165, 1.54) is 29.1 Å². The van der Waals surface area contributed by atoms with Crippen LogP contribution in [-0.2, 0) is 17.6 Å². The molecule has 1 saturated heterocycles. The molecule has 1 atom stereocenters. The van der Waals surface area contributed by atoms with Gasteiger partial charge in [0.1, 0.15) is 0 Å². The van der Waals surface area contributed by atoms with Gasteiger partial charge in [0.15, 0.2) is 5.13 Å². The van der Waals surface area contributed by atoms with Crippen molar-refractivity contribution in [3.63, 3.8) is 0 Å². The number of amides is 2. The second-order valence-corrected chi connectivity index (χ2v) is 9.39. The lowest BCUT2D eigenvalue weighted by atomic mass is 9.96. The standard InChI is InChI=1S/C21H25N3O2S2/c1-2-11-24(21-22-16-8-3-4-9-17(16)28-21)19(25)15-7-5-12-23(14-15)20(26)18-10-6-13-27-18/h2,6,10,13,15H,1,3-5,7-9,11-12,14H2. The van der Waals surface area contributed by atoms with Crippen molar-refractivity contribution in [2.45, 2.75) is 38.5 Å². The van der Waals surface area contributed by atoms with Gasteiger partial charge in [0, 0.05) is 24.5 Å². The van der Waals surface area contributed by atoms with Gasteiger partial charge in [-0.2, -0.15) is 0 Å². The zero-order valence-electron chi connectivity index (χ0n) is 15.9. The fourth-order valence-corrected chi connectivity index (χ4v) is 5.84. The van der Waals surface area contributed by atoms with E-state index in [4.69, 9.17) is 4.98 Å². The number of aromatic nitrogens is 1. The summed E-state index contributed by atoms with van der Waals surface area (Å²) in [6, 6.07) is 3.74. The quantitative estimate of drug-likeness (QED) is 0.689. The molecule has 3 heterocycles. The van der Waals surface area contributed by atoms with Crippen LogP contribution in [0.3, 0.4) is 0 Å². The predicted molar refractivity (Wildman–Crippen MR) is 114 cm³/mol. The third kappa shape index (κ3) is 3.91. The molecule has 2 amide bonds. The summed E-state index contributed by atoms with van der Waals surface area (Å²) in [5.74, 6) is -0.0827. The third-order valence-electron chi connectivity index (χ3n) is 5.43. The monoisotopic (exact) mass is 415 g/mol. The number of rotatable bonds is 5. The Kier molecular flexibility index (Phi) is 5.92. The van der Waals surface area contributed by atoms with E-state index in [0.29, 0.717) is 19.6 Å². The molecule has 0 saturated carbocycles. The zero-order chi connectivity index (χ0) is 19.5. The SMILES string of the molecule is C=CCN(C(=O)C1CCCN(C(=O)c2cccs2)C1)c1nc2c(s1)CCCC2. The summed E-state index contributed by atoms with van der Waals surface area (Å²) in [6.45, 7) is 5.49. The summed E-state index contributed by atoms with van der Waals surface area (Å²) < 4.78 is 0. The van der Waals surface area contributed by atoms with Gasteiger partial charge in [-0.15, -0.1) is 29.3 Å². The van der Waals surface area contributed by atoms with E-state index in [2.05, 4.69) is 6.58 Å². The number of aryl methyl sites for hydroxylation is 2. The Morgan fingerprint density at radius 2 is 2.18 bits per heavy atom. The average molecular weight is 416 g/mol. The Balaban J connectivity index is 1.51. The van der Waals surface area contributed by atoms with Crippen LogP contribution in [0.1, 0.15) is 45.9 Å². The molecular formula is C21H25N3O2S2. The molecule has 1 fully saturated rings. The van der Waals surface area contributed by atoms with Crippen LogP contribution in [0.5, 0.6) is 0 Å². The Labute approximate surface area is 173 Å². The summed E-state index contributed by atoms with van der Waals surface area (Å²) in [6.07, 6.45) is 7.87. The molecule has 0 N–H and O–H groups in total. The number of hydrogen-bond acceptors (Lipinski definition) is 5. The van der Waals surface area contributed by atoms with Crippen LogP contribution >= 0.6 is 22.7 Å². The Hall–Kier alpha value is -1.99. The van der Waals surface area contributed by atoms with E-state index < -0.39 is 0 Å². The van der Waals surface area contributed by atoms with Crippen molar-refractivity contribution in [2.75, 3.05) is 24.5 Å². The van der Waals surface area contributed by atoms with Crippen LogP contribution in [0.2, 0.25) is 0 Å². The number of hydrogen-bond donors (Lipinski definition) is 0. The Morgan fingerprint density at radius 1 is 1.32 bits per heavy atom. The number of likely N-dealkylation sites (tertiary alicyclic amines) is 1. The summed E-state index contributed by atoms with van der Waals surface area (Å²) in [7, 11) is 0. The maximum absolute atomic E-state index is 13.4. The molecule has 0 aromatic carbocycles. The van der Waals surface area contributed by atoms with Crippen molar-refractivity contribution in [3.8, 4) is 0 Å².